The summed E-state index contributed by atoms with van der Waals surface area (Å²) < 4.78 is 7.21. The van der Waals surface area contributed by atoms with Gasteiger partial charge >= 0.3 is 0 Å². The summed E-state index contributed by atoms with van der Waals surface area (Å²) in [5.41, 5.74) is 1.97. The number of furan rings is 1. The quantitative estimate of drug-likeness (QED) is 0.547. The van der Waals surface area contributed by atoms with Crippen molar-refractivity contribution in [3.63, 3.8) is 0 Å². The average Bonchev–Trinajstić information content (AvgIpc) is 3.29. The topological polar surface area (TPSA) is 73.0 Å². The summed E-state index contributed by atoms with van der Waals surface area (Å²) >= 11 is 6.05. The van der Waals surface area contributed by atoms with Gasteiger partial charge in [-0.3, -0.25) is 4.79 Å². The van der Waals surface area contributed by atoms with Crippen LogP contribution < -0.4 is 5.32 Å². The van der Waals surface area contributed by atoms with Crippen molar-refractivity contribution in [2.24, 2.45) is 0 Å². The number of carbonyl (C=O) groups excluding carboxylic acids is 1. The lowest BCUT2D eigenvalue weighted by atomic mass is 10.2. The number of rotatable bonds is 4. The SMILES string of the molecule is O=C(/C=C/c1cc2ccccc2o1)Nc1cc(Cl)ccc1-n1cncn1. The molecule has 0 saturated heterocycles. The minimum Gasteiger partial charge on any atom is -0.457 e. The molecule has 0 unspecified atom stereocenters. The van der Waals surface area contributed by atoms with Gasteiger partial charge in [-0.25, -0.2) is 9.67 Å². The lowest BCUT2D eigenvalue weighted by Crippen LogP contribution is -2.11. The molecule has 0 fully saturated rings. The maximum atomic E-state index is 12.3. The molecule has 1 amide bonds. The zero-order chi connectivity index (χ0) is 17.9. The zero-order valence-corrected chi connectivity index (χ0v) is 14.2. The van der Waals surface area contributed by atoms with Gasteiger partial charge in [0.2, 0.25) is 5.91 Å². The number of halogens is 1. The molecule has 0 saturated carbocycles. The summed E-state index contributed by atoms with van der Waals surface area (Å²) in [6.07, 6.45) is 5.99. The number of amides is 1. The lowest BCUT2D eigenvalue weighted by molar-refractivity contribution is -0.111. The average molecular weight is 365 g/mol. The van der Waals surface area contributed by atoms with Gasteiger partial charge in [-0.2, -0.15) is 5.10 Å². The third-order valence-electron chi connectivity index (χ3n) is 3.73. The first-order valence-corrected chi connectivity index (χ1v) is 8.19. The molecule has 128 valence electrons. The van der Waals surface area contributed by atoms with Crippen LogP contribution in [0.3, 0.4) is 0 Å². The van der Waals surface area contributed by atoms with Crippen LogP contribution in [0.25, 0.3) is 22.7 Å². The maximum Gasteiger partial charge on any atom is 0.248 e. The Bertz CT molecular complexity index is 1070. The molecular formula is C19H13ClN4O2. The van der Waals surface area contributed by atoms with E-state index in [4.69, 9.17) is 16.0 Å². The molecular weight excluding hydrogens is 352 g/mol. The van der Waals surface area contributed by atoms with Gasteiger partial charge in [0.15, 0.2) is 0 Å². The van der Waals surface area contributed by atoms with Gasteiger partial charge in [0, 0.05) is 16.5 Å². The number of anilines is 1. The summed E-state index contributed by atoms with van der Waals surface area (Å²) in [6, 6.07) is 14.7. The van der Waals surface area contributed by atoms with Gasteiger partial charge in [0.05, 0.1) is 11.4 Å². The molecule has 0 radical (unpaired) electrons. The molecule has 2 heterocycles. The standard InChI is InChI=1S/C19H13ClN4O2/c20-14-5-7-17(24-12-21-11-22-24)16(10-14)23-19(25)8-6-15-9-13-3-1-2-4-18(13)26-15/h1-12H,(H,23,25)/b8-6+. The molecule has 0 atom stereocenters. The van der Waals surface area contributed by atoms with Gasteiger partial charge in [0.1, 0.15) is 24.0 Å². The Morgan fingerprint density at radius 2 is 2.08 bits per heavy atom. The van der Waals surface area contributed by atoms with Crippen LogP contribution in [0.4, 0.5) is 5.69 Å². The highest BCUT2D eigenvalue weighted by Crippen LogP contribution is 2.24. The van der Waals surface area contributed by atoms with E-state index in [-0.39, 0.29) is 5.91 Å². The lowest BCUT2D eigenvalue weighted by Gasteiger charge is -2.09. The maximum absolute atomic E-state index is 12.3. The fourth-order valence-corrected chi connectivity index (χ4v) is 2.73. The van der Waals surface area contributed by atoms with Crippen LogP contribution in [-0.2, 0) is 4.79 Å². The van der Waals surface area contributed by atoms with Crippen LogP contribution in [-0.4, -0.2) is 20.7 Å². The van der Waals surface area contributed by atoms with Crippen LogP contribution in [0.2, 0.25) is 5.02 Å². The van der Waals surface area contributed by atoms with Gasteiger partial charge in [-0.15, -0.1) is 0 Å². The van der Waals surface area contributed by atoms with Gasteiger partial charge in [0.25, 0.3) is 0 Å². The molecule has 0 aliphatic heterocycles. The molecule has 2 aromatic carbocycles. The van der Waals surface area contributed by atoms with E-state index in [0.717, 1.165) is 11.0 Å². The van der Waals surface area contributed by atoms with Crippen molar-refractivity contribution < 1.29 is 9.21 Å². The molecule has 26 heavy (non-hydrogen) atoms. The van der Waals surface area contributed by atoms with Crippen LogP contribution in [0.15, 0.2) is 71.7 Å². The number of para-hydroxylation sites is 1. The Kier molecular flexibility index (Phi) is 4.25. The van der Waals surface area contributed by atoms with E-state index < -0.39 is 0 Å². The van der Waals surface area contributed by atoms with E-state index in [9.17, 15) is 4.79 Å². The number of nitrogens with zero attached hydrogens (tertiary/aromatic N) is 3. The van der Waals surface area contributed by atoms with E-state index in [1.165, 1.54) is 12.4 Å². The van der Waals surface area contributed by atoms with Crippen molar-refractivity contribution in [2.75, 3.05) is 5.32 Å². The number of fused-ring (bicyclic) bond motifs is 1. The number of aromatic nitrogens is 3. The minimum atomic E-state index is -0.311. The molecule has 2 aromatic heterocycles. The first-order valence-electron chi connectivity index (χ1n) is 7.81. The van der Waals surface area contributed by atoms with E-state index >= 15 is 0 Å². The molecule has 4 rings (SSSR count). The van der Waals surface area contributed by atoms with Gasteiger partial charge in [-0.1, -0.05) is 29.8 Å². The number of hydrogen-bond donors (Lipinski definition) is 1. The smallest absolute Gasteiger partial charge is 0.248 e. The van der Waals surface area contributed by atoms with Crippen molar-refractivity contribution in [1.29, 1.82) is 0 Å². The Morgan fingerprint density at radius 1 is 1.19 bits per heavy atom. The molecule has 0 bridgehead atoms. The van der Waals surface area contributed by atoms with E-state index in [1.807, 2.05) is 30.3 Å². The Balaban J connectivity index is 1.55. The summed E-state index contributed by atoms with van der Waals surface area (Å²) in [5, 5.41) is 8.37. The van der Waals surface area contributed by atoms with Crippen molar-refractivity contribution in [3.8, 4) is 5.69 Å². The molecule has 6 nitrogen and oxygen atoms in total. The van der Waals surface area contributed by atoms with E-state index in [1.54, 1.807) is 35.3 Å². The van der Waals surface area contributed by atoms with Crippen LogP contribution in [0, 0.1) is 0 Å². The third kappa shape index (κ3) is 3.36. The monoisotopic (exact) mass is 364 g/mol. The second-order valence-electron chi connectivity index (χ2n) is 5.51. The number of hydrogen-bond acceptors (Lipinski definition) is 4. The van der Waals surface area contributed by atoms with Crippen molar-refractivity contribution in [1.82, 2.24) is 14.8 Å². The normalized spacial score (nSPS) is 11.3. The van der Waals surface area contributed by atoms with Crippen LogP contribution in [0.1, 0.15) is 5.76 Å². The van der Waals surface area contributed by atoms with Gasteiger partial charge < -0.3 is 9.73 Å². The fraction of sp³-hybridized carbons (Fsp3) is 0. The van der Waals surface area contributed by atoms with Crippen molar-refractivity contribution in [3.05, 3.63) is 78.0 Å². The Morgan fingerprint density at radius 3 is 2.88 bits per heavy atom. The van der Waals surface area contributed by atoms with E-state index in [2.05, 4.69) is 15.4 Å². The first-order chi connectivity index (χ1) is 12.7. The molecule has 0 aliphatic carbocycles. The minimum absolute atomic E-state index is 0.311. The Hall–Kier alpha value is -3.38. The zero-order valence-electron chi connectivity index (χ0n) is 13.5. The van der Waals surface area contributed by atoms with Crippen LogP contribution >= 0.6 is 11.6 Å². The van der Waals surface area contributed by atoms with Crippen molar-refractivity contribution in [2.45, 2.75) is 0 Å². The highest BCUT2D eigenvalue weighted by molar-refractivity contribution is 6.31. The molecule has 4 aromatic rings. The van der Waals surface area contributed by atoms with Crippen LogP contribution in [0.5, 0.6) is 0 Å². The highest BCUT2D eigenvalue weighted by atomic mass is 35.5. The number of nitrogens with one attached hydrogen (secondary N) is 1. The second kappa shape index (κ2) is 6.85. The summed E-state index contributed by atoms with van der Waals surface area (Å²) in [4.78, 5) is 16.2. The third-order valence-corrected chi connectivity index (χ3v) is 3.96. The molecule has 7 heteroatoms. The second-order valence-corrected chi connectivity index (χ2v) is 5.95. The Labute approximate surface area is 153 Å². The molecule has 0 spiro atoms. The molecule has 1 N–H and O–H groups in total. The largest absolute Gasteiger partial charge is 0.457 e. The summed E-state index contributed by atoms with van der Waals surface area (Å²) in [7, 11) is 0. The summed E-state index contributed by atoms with van der Waals surface area (Å²) in [6.45, 7) is 0. The molecule has 0 aliphatic rings. The highest BCUT2D eigenvalue weighted by Gasteiger charge is 2.09. The number of carbonyl (C=O) groups is 1. The predicted molar refractivity (Wildman–Crippen MR) is 100 cm³/mol. The van der Waals surface area contributed by atoms with Crippen molar-refractivity contribution >= 4 is 40.2 Å². The van der Waals surface area contributed by atoms with Gasteiger partial charge in [-0.05, 0) is 36.4 Å². The summed E-state index contributed by atoms with van der Waals surface area (Å²) in [5.74, 6) is 0.290. The predicted octanol–water partition coefficient (Wildman–Crippen LogP) is 4.32. The number of benzene rings is 2. The van der Waals surface area contributed by atoms with E-state index in [0.29, 0.717) is 22.2 Å². The fourth-order valence-electron chi connectivity index (χ4n) is 2.56. The first kappa shape index (κ1) is 16.1.